The molecule has 0 unspecified atom stereocenters. The van der Waals surface area contributed by atoms with Gasteiger partial charge in [0.05, 0.1) is 17.8 Å². The fourth-order valence-corrected chi connectivity index (χ4v) is 1.87. The van der Waals surface area contributed by atoms with Crippen LogP contribution in [0.4, 0.5) is 20.2 Å². The number of nitrogen functional groups attached to an aromatic ring is 1. The SMILES string of the molecule is CN(C(=O)Cc1ccc(F)c(F)c1)c1ccccc1N. The number of amides is 1. The Balaban J connectivity index is 2.15. The molecular weight excluding hydrogens is 262 g/mol. The third kappa shape index (κ3) is 2.93. The fourth-order valence-electron chi connectivity index (χ4n) is 1.87. The van der Waals surface area contributed by atoms with Gasteiger partial charge >= 0.3 is 0 Å². The second-order valence-corrected chi connectivity index (χ2v) is 4.44. The summed E-state index contributed by atoms with van der Waals surface area (Å²) in [5, 5.41) is 0. The summed E-state index contributed by atoms with van der Waals surface area (Å²) in [6.45, 7) is 0. The van der Waals surface area contributed by atoms with Crippen LogP contribution in [0.3, 0.4) is 0 Å². The van der Waals surface area contributed by atoms with E-state index in [0.717, 1.165) is 12.1 Å². The lowest BCUT2D eigenvalue weighted by atomic mass is 10.1. The lowest BCUT2D eigenvalue weighted by Crippen LogP contribution is -2.28. The van der Waals surface area contributed by atoms with Crippen LogP contribution in [0.15, 0.2) is 42.5 Å². The topological polar surface area (TPSA) is 46.3 Å². The standard InChI is InChI=1S/C15H14F2N2O/c1-19(14-5-3-2-4-13(14)18)15(20)9-10-6-7-11(16)12(17)8-10/h2-8H,9,18H2,1H3. The summed E-state index contributed by atoms with van der Waals surface area (Å²) in [4.78, 5) is 13.5. The molecule has 0 bridgehead atoms. The molecule has 104 valence electrons. The highest BCUT2D eigenvalue weighted by molar-refractivity contribution is 5.96. The molecule has 0 atom stereocenters. The predicted molar refractivity (Wildman–Crippen MR) is 74.3 cm³/mol. The number of carbonyl (C=O) groups excluding carboxylic acids is 1. The van der Waals surface area contributed by atoms with E-state index >= 15 is 0 Å². The lowest BCUT2D eigenvalue weighted by Gasteiger charge is -2.19. The maximum atomic E-state index is 13.1. The van der Waals surface area contributed by atoms with E-state index in [9.17, 15) is 13.6 Å². The number of anilines is 2. The number of hydrogen-bond acceptors (Lipinski definition) is 2. The van der Waals surface area contributed by atoms with Crippen molar-refractivity contribution in [3.05, 3.63) is 59.7 Å². The van der Waals surface area contributed by atoms with E-state index < -0.39 is 11.6 Å². The van der Waals surface area contributed by atoms with Crippen LogP contribution in [-0.2, 0) is 11.2 Å². The van der Waals surface area contributed by atoms with Crippen molar-refractivity contribution in [1.29, 1.82) is 0 Å². The molecule has 0 spiro atoms. The van der Waals surface area contributed by atoms with Gasteiger partial charge in [-0.15, -0.1) is 0 Å². The third-order valence-corrected chi connectivity index (χ3v) is 3.01. The van der Waals surface area contributed by atoms with Crippen LogP contribution < -0.4 is 10.6 Å². The van der Waals surface area contributed by atoms with Crippen molar-refractivity contribution >= 4 is 17.3 Å². The van der Waals surface area contributed by atoms with Gasteiger partial charge in [0.15, 0.2) is 11.6 Å². The molecule has 0 saturated heterocycles. The Morgan fingerprint density at radius 1 is 1.15 bits per heavy atom. The maximum Gasteiger partial charge on any atom is 0.231 e. The van der Waals surface area contributed by atoms with Crippen molar-refractivity contribution in [2.24, 2.45) is 0 Å². The molecule has 0 aliphatic heterocycles. The number of para-hydroxylation sites is 2. The molecule has 2 aromatic rings. The van der Waals surface area contributed by atoms with E-state index in [1.54, 1.807) is 31.3 Å². The van der Waals surface area contributed by atoms with Crippen molar-refractivity contribution in [3.63, 3.8) is 0 Å². The van der Waals surface area contributed by atoms with Gasteiger partial charge < -0.3 is 10.6 Å². The minimum absolute atomic E-state index is 0.0258. The first-order chi connectivity index (χ1) is 9.49. The van der Waals surface area contributed by atoms with Crippen molar-refractivity contribution in [3.8, 4) is 0 Å². The molecule has 0 saturated carbocycles. The molecule has 0 radical (unpaired) electrons. The Labute approximate surface area is 115 Å². The number of benzene rings is 2. The Morgan fingerprint density at radius 2 is 1.85 bits per heavy atom. The van der Waals surface area contributed by atoms with E-state index in [0.29, 0.717) is 16.9 Å². The molecule has 20 heavy (non-hydrogen) atoms. The van der Waals surface area contributed by atoms with E-state index in [2.05, 4.69) is 0 Å². The molecule has 5 heteroatoms. The largest absolute Gasteiger partial charge is 0.397 e. The van der Waals surface area contributed by atoms with Crippen LogP contribution >= 0.6 is 0 Å². The number of halogens is 2. The lowest BCUT2D eigenvalue weighted by molar-refractivity contribution is -0.117. The molecule has 1 amide bonds. The maximum absolute atomic E-state index is 13.1. The minimum atomic E-state index is -0.961. The first kappa shape index (κ1) is 14.0. The second kappa shape index (κ2) is 5.69. The van der Waals surface area contributed by atoms with Crippen LogP contribution in [-0.4, -0.2) is 13.0 Å². The Hall–Kier alpha value is -2.43. The van der Waals surface area contributed by atoms with Crippen molar-refractivity contribution < 1.29 is 13.6 Å². The zero-order valence-corrected chi connectivity index (χ0v) is 10.9. The van der Waals surface area contributed by atoms with Crippen molar-refractivity contribution in [1.82, 2.24) is 0 Å². The van der Waals surface area contributed by atoms with Gasteiger partial charge in [-0.2, -0.15) is 0 Å². The zero-order valence-electron chi connectivity index (χ0n) is 10.9. The van der Waals surface area contributed by atoms with Crippen molar-refractivity contribution in [2.45, 2.75) is 6.42 Å². The van der Waals surface area contributed by atoms with Crippen molar-refractivity contribution in [2.75, 3.05) is 17.7 Å². The summed E-state index contributed by atoms with van der Waals surface area (Å²) < 4.78 is 25.9. The summed E-state index contributed by atoms with van der Waals surface area (Å²) in [5.41, 5.74) is 7.27. The van der Waals surface area contributed by atoms with Gasteiger partial charge in [0.1, 0.15) is 0 Å². The molecule has 0 fully saturated rings. The highest BCUT2D eigenvalue weighted by Crippen LogP contribution is 2.22. The number of carbonyl (C=O) groups is 1. The predicted octanol–water partition coefficient (Wildman–Crippen LogP) is 2.75. The van der Waals surface area contributed by atoms with Gasteiger partial charge in [0.2, 0.25) is 5.91 Å². The molecule has 2 rings (SSSR count). The highest BCUT2D eigenvalue weighted by atomic mass is 19.2. The van der Waals surface area contributed by atoms with E-state index in [1.165, 1.54) is 11.0 Å². The van der Waals surface area contributed by atoms with E-state index in [4.69, 9.17) is 5.73 Å². The highest BCUT2D eigenvalue weighted by Gasteiger charge is 2.14. The number of nitrogens with zero attached hydrogens (tertiary/aromatic N) is 1. The number of nitrogens with two attached hydrogens (primary N) is 1. The van der Waals surface area contributed by atoms with Crippen LogP contribution in [0.2, 0.25) is 0 Å². The van der Waals surface area contributed by atoms with Gasteiger partial charge in [-0.3, -0.25) is 4.79 Å². The van der Waals surface area contributed by atoms with Crippen LogP contribution in [0.25, 0.3) is 0 Å². The van der Waals surface area contributed by atoms with Gasteiger partial charge in [-0.1, -0.05) is 18.2 Å². The molecular formula is C15H14F2N2O. The van der Waals surface area contributed by atoms with Crippen LogP contribution in [0.1, 0.15) is 5.56 Å². The van der Waals surface area contributed by atoms with Gasteiger partial charge in [0.25, 0.3) is 0 Å². The smallest absolute Gasteiger partial charge is 0.231 e. The number of hydrogen-bond donors (Lipinski definition) is 1. The fraction of sp³-hybridized carbons (Fsp3) is 0.133. The van der Waals surface area contributed by atoms with Crippen LogP contribution in [0.5, 0.6) is 0 Å². The molecule has 2 aromatic carbocycles. The normalized spacial score (nSPS) is 10.3. The Kier molecular flexibility index (Phi) is 3.98. The number of rotatable bonds is 3. The average molecular weight is 276 g/mol. The monoisotopic (exact) mass is 276 g/mol. The summed E-state index contributed by atoms with van der Waals surface area (Å²) in [6, 6.07) is 10.4. The first-order valence-corrected chi connectivity index (χ1v) is 6.04. The zero-order chi connectivity index (χ0) is 14.7. The summed E-state index contributed by atoms with van der Waals surface area (Å²) in [6.07, 6.45) is -0.0258. The molecule has 0 heterocycles. The van der Waals surface area contributed by atoms with Crippen LogP contribution in [0, 0.1) is 11.6 Å². The summed E-state index contributed by atoms with van der Waals surface area (Å²) >= 11 is 0. The van der Waals surface area contributed by atoms with Gasteiger partial charge in [0, 0.05) is 7.05 Å². The van der Waals surface area contributed by atoms with E-state index in [1.807, 2.05) is 0 Å². The number of likely N-dealkylation sites (N-methyl/N-ethyl adjacent to an activating group) is 1. The second-order valence-electron chi connectivity index (χ2n) is 4.44. The van der Waals surface area contributed by atoms with Gasteiger partial charge in [-0.25, -0.2) is 8.78 Å². The third-order valence-electron chi connectivity index (χ3n) is 3.01. The van der Waals surface area contributed by atoms with Gasteiger partial charge in [-0.05, 0) is 29.8 Å². The Bertz CT molecular complexity index is 644. The average Bonchev–Trinajstić information content (AvgIpc) is 2.42. The summed E-state index contributed by atoms with van der Waals surface area (Å²) in [5.74, 6) is -2.15. The Morgan fingerprint density at radius 3 is 2.50 bits per heavy atom. The molecule has 0 aromatic heterocycles. The molecule has 2 N–H and O–H groups in total. The summed E-state index contributed by atoms with van der Waals surface area (Å²) in [7, 11) is 1.59. The van der Waals surface area contributed by atoms with E-state index in [-0.39, 0.29) is 12.3 Å². The quantitative estimate of drug-likeness (QED) is 0.876. The minimum Gasteiger partial charge on any atom is -0.397 e. The first-order valence-electron chi connectivity index (χ1n) is 6.04. The molecule has 0 aliphatic carbocycles. The molecule has 3 nitrogen and oxygen atoms in total. The molecule has 0 aliphatic rings.